The first kappa shape index (κ1) is 16.3. The van der Waals surface area contributed by atoms with Crippen molar-refractivity contribution >= 4 is 28.9 Å². The third-order valence-corrected chi connectivity index (χ3v) is 4.01. The number of nitro groups is 1. The van der Waals surface area contributed by atoms with Crippen LogP contribution in [-0.2, 0) is 4.74 Å². The SMILES string of the molecule is CCNC1CC(Oc2c(Cl)cc([N+](=O)[O-])cc2Cl)C1OC. The molecule has 1 aromatic rings. The summed E-state index contributed by atoms with van der Waals surface area (Å²) in [5.74, 6) is 0.255. The van der Waals surface area contributed by atoms with Gasteiger partial charge < -0.3 is 14.8 Å². The smallest absolute Gasteiger partial charge is 0.272 e. The molecular formula is C13H16Cl2N2O4. The summed E-state index contributed by atoms with van der Waals surface area (Å²) in [4.78, 5) is 10.2. The molecular weight excluding hydrogens is 319 g/mol. The number of methoxy groups -OCH3 is 1. The van der Waals surface area contributed by atoms with Crippen LogP contribution in [0.5, 0.6) is 5.75 Å². The lowest BCUT2D eigenvalue weighted by atomic mass is 9.85. The van der Waals surface area contributed by atoms with E-state index in [1.165, 1.54) is 12.1 Å². The number of likely N-dealkylation sites (N-methyl/N-ethyl adjacent to an activating group) is 1. The Morgan fingerprint density at radius 1 is 1.43 bits per heavy atom. The fraction of sp³-hybridized carbons (Fsp3) is 0.538. The van der Waals surface area contributed by atoms with Crippen molar-refractivity contribution in [1.29, 1.82) is 0 Å². The van der Waals surface area contributed by atoms with Crippen molar-refractivity contribution in [3.8, 4) is 5.75 Å². The number of hydrogen-bond donors (Lipinski definition) is 1. The largest absolute Gasteiger partial charge is 0.484 e. The Morgan fingerprint density at radius 2 is 2.05 bits per heavy atom. The van der Waals surface area contributed by atoms with Crippen molar-refractivity contribution in [2.24, 2.45) is 0 Å². The second-order valence-corrected chi connectivity index (χ2v) is 5.57. The van der Waals surface area contributed by atoms with Gasteiger partial charge in [-0.3, -0.25) is 10.1 Å². The number of rotatable bonds is 6. The maximum absolute atomic E-state index is 10.7. The molecule has 0 aromatic heterocycles. The number of benzene rings is 1. The molecule has 21 heavy (non-hydrogen) atoms. The van der Waals surface area contributed by atoms with E-state index in [9.17, 15) is 10.1 Å². The topological polar surface area (TPSA) is 73.6 Å². The van der Waals surface area contributed by atoms with Gasteiger partial charge in [0, 0.05) is 31.7 Å². The quantitative estimate of drug-likeness (QED) is 0.639. The third kappa shape index (κ3) is 3.40. The molecule has 1 aromatic carbocycles. The second-order valence-electron chi connectivity index (χ2n) is 4.75. The maximum Gasteiger partial charge on any atom is 0.272 e. The summed E-state index contributed by atoms with van der Waals surface area (Å²) in [6.07, 6.45) is 0.471. The molecule has 0 saturated heterocycles. The van der Waals surface area contributed by atoms with Crippen molar-refractivity contribution in [2.75, 3.05) is 13.7 Å². The highest BCUT2D eigenvalue weighted by molar-refractivity contribution is 6.37. The van der Waals surface area contributed by atoms with Crippen LogP contribution in [0.4, 0.5) is 5.69 Å². The van der Waals surface area contributed by atoms with Gasteiger partial charge in [-0.15, -0.1) is 0 Å². The Morgan fingerprint density at radius 3 is 2.52 bits per heavy atom. The van der Waals surface area contributed by atoms with Crippen LogP contribution < -0.4 is 10.1 Å². The fourth-order valence-corrected chi connectivity index (χ4v) is 2.96. The van der Waals surface area contributed by atoms with E-state index in [0.717, 1.165) is 13.0 Å². The highest BCUT2D eigenvalue weighted by atomic mass is 35.5. The average molecular weight is 335 g/mol. The highest BCUT2D eigenvalue weighted by Crippen LogP contribution is 2.40. The molecule has 6 nitrogen and oxygen atoms in total. The molecule has 1 saturated carbocycles. The van der Waals surface area contributed by atoms with E-state index >= 15 is 0 Å². The summed E-state index contributed by atoms with van der Waals surface area (Å²) in [5, 5.41) is 14.3. The number of non-ortho nitro benzene ring substituents is 1. The van der Waals surface area contributed by atoms with E-state index < -0.39 is 4.92 Å². The van der Waals surface area contributed by atoms with Crippen LogP contribution in [0.3, 0.4) is 0 Å². The van der Waals surface area contributed by atoms with E-state index in [1.54, 1.807) is 7.11 Å². The molecule has 3 atom stereocenters. The van der Waals surface area contributed by atoms with Crippen LogP contribution in [0.25, 0.3) is 0 Å². The van der Waals surface area contributed by atoms with Crippen LogP contribution >= 0.6 is 23.2 Å². The number of ether oxygens (including phenoxy) is 2. The number of halogens is 2. The van der Waals surface area contributed by atoms with Gasteiger partial charge in [0.05, 0.1) is 15.0 Å². The first-order valence-corrected chi connectivity index (χ1v) is 7.29. The Bertz CT molecular complexity index is 518. The van der Waals surface area contributed by atoms with Gasteiger partial charge in [0.2, 0.25) is 0 Å². The Hall–Kier alpha value is -1.08. The maximum atomic E-state index is 10.7. The molecule has 8 heteroatoms. The summed E-state index contributed by atoms with van der Waals surface area (Å²) < 4.78 is 11.2. The molecule has 0 bridgehead atoms. The molecule has 3 unspecified atom stereocenters. The van der Waals surface area contributed by atoms with Crippen LogP contribution in [0.2, 0.25) is 10.0 Å². The molecule has 0 radical (unpaired) electrons. The van der Waals surface area contributed by atoms with E-state index in [1.807, 2.05) is 6.92 Å². The van der Waals surface area contributed by atoms with Crippen molar-refractivity contribution in [3.63, 3.8) is 0 Å². The molecule has 1 N–H and O–H groups in total. The van der Waals surface area contributed by atoms with Crippen molar-refractivity contribution < 1.29 is 14.4 Å². The Kier molecular flexibility index (Phi) is 5.27. The first-order valence-electron chi connectivity index (χ1n) is 6.54. The molecule has 2 rings (SSSR count). The number of hydrogen-bond acceptors (Lipinski definition) is 5. The van der Waals surface area contributed by atoms with Gasteiger partial charge in [-0.05, 0) is 6.54 Å². The molecule has 1 aliphatic rings. The minimum Gasteiger partial charge on any atom is -0.484 e. The van der Waals surface area contributed by atoms with Gasteiger partial charge in [-0.25, -0.2) is 0 Å². The van der Waals surface area contributed by atoms with Crippen molar-refractivity contribution in [2.45, 2.75) is 31.6 Å². The van der Waals surface area contributed by atoms with Crippen LogP contribution in [-0.4, -0.2) is 36.8 Å². The summed E-state index contributed by atoms with van der Waals surface area (Å²) in [7, 11) is 1.61. The van der Waals surface area contributed by atoms with E-state index in [-0.39, 0.29) is 39.7 Å². The zero-order valence-electron chi connectivity index (χ0n) is 11.6. The van der Waals surface area contributed by atoms with Crippen molar-refractivity contribution in [1.82, 2.24) is 5.32 Å². The predicted molar refractivity (Wildman–Crippen MR) is 80.4 cm³/mol. The summed E-state index contributed by atoms with van der Waals surface area (Å²) in [5.41, 5.74) is -0.167. The monoisotopic (exact) mass is 334 g/mol. The minimum absolute atomic E-state index is 0.104. The number of nitrogens with zero attached hydrogens (tertiary/aromatic N) is 1. The lowest BCUT2D eigenvalue weighted by Crippen LogP contribution is -2.60. The van der Waals surface area contributed by atoms with Gasteiger partial charge in [0.25, 0.3) is 5.69 Å². The van der Waals surface area contributed by atoms with E-state index in [0.29, 0.717) is 0 Å². The summed E-state index contributed by atoms with van der Waals surface area (Å²) >= 11 is 12.0. The Balaban J connectivity index is 2.12. The van der Waals surface area contributed by atoms with E-state index in [4.69, 9.17) is 32.7 Å². The van der Waals surface area contributed by atoms with Crippen LogP contribution in [0, 0.1) is 10.1 Å². The number of nitro benzene ring substituents is 1. The zero-order chi connectivity index (χ0) is 15.6. The van der Waals surface area contributed by atoms with Gasteiger partial charge in [0.1, 0.15) is 12.2 Å². The minimum atomic E-state index is -0.552. The lowest BCUT2D eigenvalue weighted by molar-refractivity contribution is -0.384. The fourth-order valence-electron chi connectivity index (χ4n) is 2.39. The molecule has 0 amide bonds. The lowest BCUT2D eigenvalue weighted by Gasteiger charge is -2.43. The molecule has 0 heterocycles. The van der Waals surface area contributed by atoms with Gasteiger partial charge >= 0.3 is 0 Å². The van der Waals surface area contributed by atoms with Crippen LogP contribution in [0.15, 0.2) is 12.1 Å². The van der Waals surface area contributed by atoms with Gasteiger partial charge in [0.15, 0.2) is 5.75 Å². The van der Waals surface area contributed by atoms with Crippen molar-refractivity contribution in [3.05, 3.63) is 32.3 Å². The standard InChI is InChI=1S/C13H16Cl2N2O4/c1-3-16-10-6-11(13(10)20-2)21-12-8(14)4-7(17(18)19)5-9(12)15/h4-5,10-11,13,16H,3,6H2,1-2H3. The van der Waals surface area contributed by atoms with Gasteiger partial charge in [-0.1, -0.05) is 30.1 Å². The zero-order valence-corrected chi connectivity index (χ0v) is 13.1. The molecule has 1 fully saturated rings. The second kappa shape index (κ2) is 6.79. The summed E-state index contributed by atoms with van der Waals surface area (Å²) in [6.45, 7) is 2.86. The number of nitrogens with one attached hydrogen (secondary N) is 1. The third-order valence-electron chi connectivity index (χ3n) is 3.45. The molecule has 0 aliphatic heterocycles. The predicted octanol–water partition coefficient (Wildman–Crippen LogP) is 3.05. The average Bonchev–Trinajstić information content (AvgIpc) is 2.40. The highest BCUT2D eigenvalue weighted by Gasteiger charge is 2.43. The molecule has 0 spiro atoms. The van der Waals surface area contributed by atoms with Gasteiger partial charge in [-0.2, -0.15) is 0 Å². The van der Waals surface area contributed by atoms with Crippen LogP contribution in [0.1, 0.15) is 13.3 Å². The first-order chi connectivity index (χ1) is 9.97. The Labute approximate surface area is 132 Å². The van der Waals surface area contributed by atoms with E-state index in [2.05, 4.69) is 5.32 Å². The molecule has 1 aliphatic carbocycles. The normalized spacial score (nSPS) is 24.5. The summed E-state index contributed by atoms with van der Waals surface area (Å²) in [6, 6.07) is 2.68. The molecule has 116 valence electrons.